The molecule has 0 radical (unpaired) electrons. The van der Waals surface area contributed by atoms with Crippen LogP contribution in [0.5, 0.6) is 0 Å². The molecule has 1 aromatic carbocycles. The van der Waals surface area contributed by atoms with Crippen molar-refractivity contribution in [1.82, 2.24) is 15.3 Å². The molecule has 0 aliphatic heterocycles. The first kappa shape index (κ1) is 14.7. The van der Waals surface area contributed by atoms with E-state index in [2.05, 4.69) is 39.6 Å². The third kappa shape index (κ3) is 2.36. The first-order valence-corrected chi connectivity index (χ1v) is 9.02. The van der Waals surface area contributed by atoms with Crippen molar-refractivity contribution in [1.29, 1.82) is 0 Å². The van der Waals surface area contributed by atoms with Gasteiger partial charge in [0.2, 0.25) is 5.91 Å². The molecule has 2 atom stereocenters. The third-order valence-corrected chi connectivity index (χ3v) is 6.06. The van der Waals surface area contributed by atoms with E-state index in [-0.39, 0.29) is 5.91 Å². The molecule has 5 rings (SSSR count). The average molecular weight is 331 g/mol. The molecule has 2 aromatic heterocycles. The quantitative estimate of drug-likeness (QED) is 0.772. The normalized spacial score (nSPS) is 23.8. The highest BCUT2D eigenvalue weighted by atomic mass is 16.1. The van der Waals surface area contributed by atoms with E-state index in [1.54, 1.807) is 6.20 Å². The van der Waals surface area contributed by atoms with Crippen molar-refractivity contribution in [3.63, 3.8) is 0 Å². The van der Waals surface area contributed by atoms with Gasteiger partial charge in [0.05, 0.1) is 6.42 Å². The summed E-state index contributed by atoms with van der Waals surface area (Å²) in [4.78, 5) is 19.8. The Hall–Kier alpha value is -2.62. The summed E-state index contributed by atoms with van der Waals surface area (Å²) in [5.74, 6) is 0.683. The first-order valence-electron chi connectivity index (χ1n) is 9.02. The summed E-state index contributed by atoms with van der Waals surface area (Å²) in [6, 6.07) is 12.7. The molecular formula is C21H21N3O. The van der Waals surface area contributed by atoms with Crippen LogP contribution in [0.4, 0.5) is 0 Å². The van der Waals surface area contributed by atoms with Crippen LogP contribution < -0.4 is 5.32 Å². The minimum Gasteiger partial charge on any atom is -0.356 e. The number of aromatic amines is 1. The van der Waals surface area contributed by atoms with Crippen molar-refractivity contribution in [2.75, 3.05) is 6.54 Å². The fraction of sp³-hybridized carbons (Fsp3) is 0.333. The fourth-order valence-corrected chi connectivity index (χ4v) is 4.63. The summed E-state index contributed by atoms with van der Waals surface area (Å²) in [5, 5.41) is 4.19. The van der Waals surface area contributed by atoms with Gasteiger partial charge in [-0.05, 0) is 54.0 Å². The van der Waals surface area contributed by atoms with Crippen LogP contribution in [0, 0.1) is 5.92 Å². The van der Waals surface area contributed by atoms with E-state index < -0.39 is 0 Å². The third-order valence-electron chi connectivity index (χ3n) is 6.06. The number of aromatic nitrogens is 2. The molecule has 0 saturated heterocycles. The Morgan fingerprint density at radius 1 is 1.28 bits per heavy atom. The first-order chi connectivity index (χ1) is 12.3. The molecule has 2 N–H and O–H groups in total. The van der Waals surface area contributed by atoms with Crippen molar-refractivity contribution < 1.29 is 4.79 Å². The molecule has 1 saturated carbocycles. The summed E-state index contributed by atoms with van der Waals surface area (Å²) in [7, 11) is 0. The predicted molar refractivity (Wildman–Crippen MR) is 97.4 cm³/mol. The zero-order chi connectivity index (χ0) is 16.9. The SMILES string of the molecule is O=C(Cc1c[nH]c2ncccc12)NC[C@H]1C[C@@]12CCc1ccccc12. The Balaban J connectivity index is 1.22. The molecule has 4 heteroatoms. The largest absolute Gasteiger partial charge is 0.356 e. The summed E-state index contributed by atoms with van der Waals surface area (Å²) >= 11 is 0. The smallest absolute Gasteiger partial charge is 0.224 e. The number of pyridine rings is 1. The number of nitrogens with zero attached hydrogens (tertiary/aromatic N) is 1. The lowest BCUT2D eigenvalue weighted by atomic mass is 9.95. The lowest BCUT2D eigenvalue weighted by molar-refractivity contribution is -0.120. The second kappa shape index (κ2) is 5.45. The van der Waals surface area contributed by atoms with Crippen molar-refractivity contribution in [3.05, 3.63) is 65.5 Å². The molecule has 126 valence electrons. The number of amides is 1. The van der Waals surface area contributed by atoms with Crippen LogP contribution in [-0.2, 0) is 23.1 Å². The molecule has 4 nitrogen and oxygen atoms in total. The van der Waals surface area contributed by atoms with E-state index >= 15 is 0 Å². The van der Waals surface area contributed by atoms with Crippen molar-refractivity contribution in [2.24, 2.45) is 5.92 Å². The van der Waals surface area contributed by atoms with Crippen LogP contribution >= 0.6 is 0 Å². The average Bonchev–Trinajstić information content (AvgIpc) is 3.00. The van der Waals surface area contributed by atoms with Gasteiger partial charge >= 0.3 is 0 Å². The zero-order valence-corrected chi connectivity index (χ0v) is 14.1. The summed E-state index contributed by atoms with van der Waals surface area (Å²) in [6.07, 6.45) is 7.69. The Labute approximate surface area is 146 Å². The highest BCUT2D eigenvalue weighted by Crippen LogP contribution is 2.61. The van der Waals surface area contributed by atoms with Crippen LogP contribution in [0.3, 0.4) is 0 Å². The highest BCUT2D eigenvalue weighted by molar-refractivity contribution is 5.87. The minimum atomic E-state index is 0.0954. The number of carbonyl (C=O) groups excluding carboxylic acids is 1. The summed E-state index contributed by atoms with van der Waals surface area (Å²) in [6.45, 7) is 0.785. The maximum Gasteiger partial charge on any atom is 0.224 e. The van der Waals surface area contributed by atoms with Crippen molar-refractivity contribution >= 4 is 16.9 Å². The van der Waals surface area contributed by atoms with Gasteiger partial charge in [-0.25, -0.2) is 4.98 Å². The van der Waals surface area contributed by atoms with Gasteiger partial charge in [-0.3, -0.25) is 4.79 Å². The molecule has 2 aliphatic carbocycles. The molecule has 1 spiro atoms. The number of fused-ring (bicyclic) bond motifs is 3. The Morgan fingerprint density at radius 3 is 3.16 bits per heavy atom. The number of nitrogens with one attached hydrogen (secondary N) is 2. The number of benzene rings is 1. The summed E-state index contributed by atoms with van der Waals surface area (Å²) < 4.78 is 0. The number of aryl methyl sites for hydroxylation is 1. The van der Waals surface area contributed by atoms with Gasteiger partial charge in [-0.2, -0.15) is 0 Å². The predicted octanol–water partition coefficient (Wildman–Crippen LogP) is 3.13. The Kier molecular flexibility index (Phi) is 3.20. The fourth-order valence-electron chi connectivity index (χ4n) is 4.63. The number of hydrogen-bond donors (Lipinski definition) is 2. The molecule has 1 fully saturated rings. The molecule has 3 aromatic rings. The lowest BCUT2D eigenvalue weighted by Gasteiger charge is -2.12. The van der Waals surface area contributed by atoms with Gasteiger partial charge in [-0.1, -0.05) is 24.3 Å². The van der Waals surface area contributed by atoms with E-state index in [0.717, 1.165) is 23.1 Å². The standard InChI is InChI=1S/C21H21N3O/c25-19(10-15-12-24-20-17(15)5-3-9-22-20)23-13-16-11-21(16)8-7-14-4-1-2-6-18(14)21/h1-6,9,12,16H,7-8,10-11,13H2,(H,22,24)(H,23,25)/t16-,21+/m1/s1. The van der Waals surface area contributed by atoms with Crippen LogP contribution in [0.25, 0.3) is 11.0 Å². The molecule has 2 heterocycles. The Bertz CT molecular complexity index is 960. The number of H-pyrrole nitrogens is 1. The molecule has 0 bridgehead atoms. The number of rotatable bonds is 4. The molecule has 2 aliphatic rings. The molecule has 0 unspecified atom stereocenters. The second-order valence-electron chi connectivity index (χ2n) is 7.41. The van der Waals surface area contributed by atoms with Gasteiger partial charge in [0.15, 0.2) is 0 Å². The van der Waals surface area contributed by atoms with Gasteiger partial charge in [0.1, 0.15) is 5.65 Å². The lowest BCUT2D eigenvalue weighted by Crippen LogP contribution is -2.28. The Morgan fingerprint density at radius 2 is 2.20 bits per heavy atom. The summed E-state index contributed by atoms with van der Waals surface area (Å²) in [5.41, 5.74) is 5.22. The topological polar surface area (TPSA) is 57.8 Å². The van der Waals surface area contributed by atoms with Crippen molar-refractivity contribution in [3.8, 4) is 0 Å². The van der Waals surface area contributed by atoms with E-state index in [1.165, 1.54) is 30.4 Å². The van der Waals surface area contributed by atoms with Gasteiger partial charge in [-0.15, -0.1) is 0 Å². The van der Waals surface area contributed by atoms with Crippen LogP contribution in [0.15, 0.2) is 48.8 Å². The highest BCUT2D eigenvalue weighted by Gasteiger charge is 2.57. The zero-order valence-electron chi connectivity index (χ0n) is 14.1. The van der Waals surface area contributed by atoms with E-state index in [4.69, 9.17) is 0 Å². The maximum atomic E-state index is 12.4. The molecular weight excluding hydrogens is 310 g/mol. The van der Waals surface area contributed by atoms with Gasteiger partial charge in [0, 0.05) is 29.7 Å². The molecule has 25 heavy (non-hydrogen) atoms. The van der Waals surface area contributed by atoms with Crippen molar-refractivity contribution in [2.45, 2.75) is 31.1 Å². The van der Waals surface area contributed by atoms with E-state index in [0.29, 0.717) is 17.8 Å². The van der Waals surface area contributed by atoms with Crippen LogP contribution in [-0.4, -0.2) is 22.4 Å². The van der Waals surface area contributed by atoms with Gasteiger partial charge < -0.3 is 10.3 Å². The maximum absolute atomic E-state index is 12.4. The van der Waals surface area contributed by atoms with Crippen LogP contribution in [0.2, 0.25) is 0 Å². The monoisotopic (exact) mass is 331 g/mol. The number of carbonyl (C=O) groups is 1. The second-order valence-corrected chi connectivity index (χ2v) is 7.41. The van der Waals surface area contributed by atoms with Crippen LogP contribution in [0.1, 0.15) is 29.5 Å². The van der Waals surface area contributed by atoms with Gasteiger partial charge in [0.25, 0.3) is 0 Å². The van der Waals surface area contributed by atoms with E-state index in [1.807, 2.05) is 18.3 Å². The molecule has 1 amide bonds. The van der Waals surface area contributed by atoms with E-state index in [9.17, 15) is 4.79 Å². The minimum absolute atomic E-state index is 0.0954. The number of hydrogen-bond acceptors (Lipinski definition) is 2.